The number of rotatable bonds is 6. The number of aromatic nitrogens is 2. The molecule has 0 aromatic carbocycles. The maximum absolute atomic E-state index is 11.1. The van der Waals surface area contributed by atoms with E-state index < -0.39 is 0 Å². The Labute approximate surface area is 89.4 Å². The van der Waals surface area contributed by atoms with Gasteiger partial charge in [0.25, 0.3) is 0 Å². The van der Waals surface area contributed by atoms with Gasteiger partial charge < -0.3 is 11.1 Å². The van der Waals surface area contributed by atoms with Gasteiger partial charge in [0.05, 0.1) is 6.20 Å². The standard InChI is InChI=1S/C10H18N4O/c1-8-9(7-13-14-8)3-2-6-12-10(15)4-5-11/h7H,2-6,11H2,1H3,(H,12,15)(H,13,14). The molecule has 5 nitrogen and oxygen atoms in total. The first-order valence-corrected chi connectivity index (χ1v) is 5.19. The molecule has 0 bridgehead atoms. The van der Waals surface area contributed by atoms with Crippen LogP contribution in [0, 0.1) is 6.92 Å². The molecule has 1 heterocycles. The summed E-state index contributed by atoms with van der Waals surface area (Å²) >= 11 is 0. The number of nitrogens with zero attached hydrogens (tertiary/aromatic N) is 1. The number of nitrogens with two attached hydrogens (primary N) is 1. The third kappa shape index (κ3) is 4.12. The van der Waals surface area contributed by atoms with E-state index >= 15 is 0 Å². The Morgan fingerprint density at radius 1 is 1.67 bits per heavy atom. The maximum Gasteiger partial charge on any atom is 0.221 e. The molecule has 0 aliphatic carbocycles. The minimum atomic E-state index is 0.0291. The maximum atomic E-state index is 11.1. The predicted molar refractivity (Wildman–Crippen MR) is 58.3 cm³/mol. The van der Waals surface area contributed by atoms with E-state index in [0.717, 1.165) is 18.5 Å². The van der Waals surface area contributed by atoms with Crippen LogP contribution in [0.2, 0.25) is 0 Å². The largest absolute Gasteiger partial charge is 0.356 e. The summed E-state index contributed by atoms with van der Waals surface area (Å²) in [5.74, 6) is 0.0291. The van der Waals surface area contributed by atoms with Crippen molar-refractivity contribution in [1.29, 1.82) is 0 Å². The Hall–Kier alpha value is -1.36. The highest BCUT2D eigenvalue weighted by atomic mass is 16.1. The number of amides is 1. The fourth-order valence-corrected chi connectivity index (χ4v) is 1.35. The highest BCUT2D eigenvalue weighted by Crippen LogP contribution is 2.04. The van der Waals surface area contributed by atoms with E-state index in [2.05, 4.69) is 15.5 Å². The molecule has 1 rings (SSSR count). The van der Waals surface area contributed by atoms with Crippen molar-refractivity contribution in [2.45, 2.75) is 26.2 Å². The average molecular weight is 210 g/mol. The Bertz CT molecular complexity index is 308. The molecule has 4 N–H and O–H groups in total. The molecule has 15 heavy (non-hydrogen) atoms. The van der Waals surface area contributed by atoms with E-state index in [1.807, 2.05) is 13.1 Å². The molecule has 0 fully saturated rings. The van der Waals surface area contributed by atoms with E-state index in [-0.39, 0.29) is 5.91 Å². The summed E-state index contributed by atoms with van der Waals surface area (Å²) in [6.45, 7) is 3.10. The zero-order valence-electron chi connectivity index (χ0n) is 9.05. The molecule has 0 aliphatic heterocycles. The van der Waals surface area contributed by atoms with Gasteiger partial charge in [-0.25, -0.2) is 0 Å². The van der Waals surface area contributed by atoms with Gasteiger partial charge in [-0.2, -0.15) is 5.10 Å². The molecule has 0 radical (unpaired) electrons. The van der Waals surface area contributed by atoms with E-state index in [9.17, 15) is 4.79 Å². The normalized spacial score (nSPS) is 10.3. The molecule has 0 saturated carbocycles. The number of H-pyrrole nitrogens is 1. The molecular weight excluding hydrogens is 192 g/mol. The molecule has 0 atom stereocenters. The van der Waals surface area contributed by atoms with Crippen LogP contribution < -0.4 is 11.1 Å². The molecule has 5 heteroatoms. The van der Waals surface area contributed by atoms with Crippen LogP contribution in [0.4, 0.5) is 0 Å². The van der Waals surface area contributed by atoms with Crippen molar-refractivity contribution in [1.82, 2.24) is 15.5 Å². The lowest BCUT2D eigenvalue weighted by Crippen LogP contribution is -2.26. The lowest BCUT2D eigenvalue weighted by Gasteiger charge is -2.03. The highest BCUT2D eigenvalue weighted by Gasteiger charge is 2.01. The summed E-state index contributed by atoms with van der Waals surface area (Å²) < 4.78 is 0. The van der Waals surface area contributed by atoms with Gasteiger partial charge in [0.15, 0.2) is 0 Å². The lowest BCUT2D eigenvalue weighted by atomic mass is 10.1. The number of aryl methyl sites for hydroxylation is 2. The van der Waals surface area contributed by atoms with Crippen molar-refractivity contribution in [3.05, 3.63) is 17.5 Å². The van der Waals surface area contributed by atoms with Crippen LogP contribution >= 0.6 is 0 Å². The van der Waals surface area contributed by atoms with Crippen molar-refractivity contribution in [3.63, 3.8) is 0 Å². The van der Waals surface area contributed by atoms with Crippen molar-refractivity contribution >= 4 is 5.91 Å². The molecule has 1 aromatic heterocycles. The van der Waals surface area contributed by atoms with Crippen molar-refractivity contribution in [2.24, 2.45) is 5.73 Å². The van der Waals surface area contributed by atoms with E-state index in [4.69, 9.17) is 5.73 Å². The highest BCUT2D eigenvalue weighted by molar-refractivity contribution is 5.75. The van der Waals surface area contributed by atoms with Gasteiger partial charge >= 0.3 is 0 Å². The Balaban J connectivity index is 2.12. The van der Waals surface area contributed by atoms with Gasteiger partial charge in [-0.3, -0.25) is 9.89 Å². The fraction of sp³-hybridized carbons (Fsp3) is 0.600. The molecule has 1 amide bonds. The van der Waals surface area contributed by atoms with Crippen molar-refractivity contribution in [3.8, 4) is 0 Å². The summed E-state index contributed by atoms with van der Waals surface area (Å²) in [5.41, 5.74) is 7.57. The molecule has 84 valence electrons. The molecule has 0 unspecified atom stereocenters. The third-order valence-electron chi connectivity index (χ3n) is 2.25. The Kier molecular flexibility index (Phi) is 4.83. The SMILES string of the molecule is Cc1[nH]ncc1CCCNC(=O)CCN. The van der Waals surface area contributed by atoms with E-state index in [1.165, 1.54) is 5.56 Å². The topological polar surface area (TPSA) is 83.8 Å². The van der Waals surface area contributed by atoms with Gasteiger partial charge in [-0.1, -0.05) is 0 Å². The zero-order valence-corrected chi connectivity index (χ0v) is 9.05. The van der Waals surface area contributed by atoms with Crippen molar-refractivity contribution < 1.29 is 4.79 Å². The first kappa shape index (κ1) is 11.7. The number of carbonyl (C=O) groups excluding carboxylic acids is 1. The lowest BCUT2D eigenvalue weighted by molar-refractivity contribution is -0.120. The summed E-state index contributed by atoms with van der Waals surface area (Å²) in [6.07, 6.45) is 4.10. The van der Waals surface area contributed by atoms with Crippen LogP contribution in [0.5, 0.6) is 0 Å². The quantitative estimate of drug-likeness (QED) is 0.583. The van der Waals surface area contributed by atoms with Gasteiger partial charge in [-0.05, 0) is 25.3 Å². The number of carbonyl (C=O) groups is 1. The minimum Gasteiger partial charge on any atom is -0.356 e. The van der Waals surface area contributed by atoms with Crippen LogP contribution in [0.1, 0.15) is 24.1 Å². The van der Waals surface area contributed by atoms with E-state index in [1.54, 1.807) is 0 Å². The van der Waals surface area contributed by atoms with Gasteiger partial charge in [0.1, 0.15) is 0 Å². The molecule has 0 saturated heterocycles. The van der Waals surface area contributed by atoms with E-state index in [0.29, 0.717) is 19.5 Å². The summed E-state index contributed by atoms with van der Waals surface area (Å²) in [4.78, 5) is 11.1. The molecule has 0 spiro atoms. The fourth-order valence-electron chi connectivity index (χ4n) is 1.35. The monoisotopic (exact) mass is 210 g/mol. The van der Waals surface area contributed by atoms with Crippen LogP contribution in [-0.2, 0) is 11.2 Å². The average Bonchev–Trinajstić information content (AvgIpc) is 2.60. The summed E-state index contributed by atoms with van der Waals surface area (Å²) in [6, 6.07) is 0. The van der Waals surface area contributed by atoms with Crippen LogP contribution in [0.3, 0.4) is 0 Å². The molecule has 1 aromatic rings. The minimum absolute atomic E-state index is 0.0291. The van der Waals surface area contributed by atoms with Gasteiger partial charge in [0, 0.05) is 25.2 Å². The first-order valence-electron chi connectivity index (χ1n) is 5.19. The second-order valence-electron chi connectivity index (χ2n) is 3.51. The summed E-state index contributed by atoms with van der Waals surface area (Å²) in [7, 11) is 0. The Morgan fingerprint density at radius 3 is 3.07 bits per heavy atom. The number of nitrogens with one attached hydrogen (secondary N) is 2. The predicted octanol–water partition coefficient (Wildman–Crippen LogP) is 0.116. The first-order chi connectivity index (χ1) is 7.24. The van der Waals surface area contributed by atoms with Crippen molar-refractivity contribution in [2.75, 3.05) is 13.1 Å². The van der Waals surface area contributed by atoms with Crippen LogP contribution in [-0.4, -0.2) is 29.2 Å². The summed E-state index contributed by atoms with van der Waals surface area (Å²) in [5, 5.41) is 9.64. The Morgan fingerprint density at radius 2 is 2.47 bits per heavy atom. The third-order valence-corrected chi connectivity index (χ3v) is 2.25. The molecule has 0 aliphatic rings. The molecular formula is C10H18N4O. The second-order valence-corrected chi connectivity index (χ2v) is 3.51. The number of hydrogen-bond acceptors (Lipinski definition) is 3. The zero-order chi connectivity index (χ0) is 11.1. The van der Waals surface area contributed by atoms with Crippen LogP contribution in [0.25, 0.3) is 0 Å². The number of hydrogen-bond donors (Lipinski definition) is 3. The smallest absolute Gasteiger partial charge is 0.221 e. The van der Waals surface area contributed by atoms with Gasteiger partial charge in [0.2, 0.25) is 5.91 Å². The number of aromatic amines is 1. The van der Waals surface area contributed by atoms with Crippen LogP contribution in [0.15, 0.2) is 6.20 Å². The second kappa shape index (κ2) is 6.19. The van der Waals surface area contributed by atoms with Gasteiger partial charge in [-0.15, -0.1) is 0 Å².